The Morgan fingerprint density at radius 3 is 2.75 bits per heavy atom. The summed E-state index contributed by atoms with van der Waals surface area (Å²) < 4.78 is 0. The van der Waals surface area contributed by atoms with Crippen molar-refractivity contribution in [3.05, 3.63) is 34.4 Å². The van der Waals surface area contributed by atoms with E-state index in [1.54, 1.807) is 22.3 Å². The van der Waals surface area contributed by atoms with E-state index < -0.39 is 0 Å². The van der Waals surface area contributed by atoms with E-state index in [1.165, 1.54) is 32.2 Å². The molecular formula is C15H21N. The molecule has 0 saturated heterocycles. The van der Waals surface area contributed by atoms with Gasteiger partial charge < -0.3 is 4.90 Å². The molecule has 1 saturated carbocycles. The van der Waals surface area contributed by atoms with Gasteiger partial charge in [0.1, 0.15) is 0 Å². The van der Waals surface area contributed by atoms with E-state index in [0.29, 0.717) is 0 Å². The molecular weight excluding hydrogens is 194 g/mol. The third-order valence-electron chi connectivity index (χ3n) is 4.06. The fourth-order valence-electron chi connectivity index (χ4n) is 2.90. The summed E-state index contributed by atoms with van der Waals surface area (Å²) >= 11 is 0. The van der Waals surface area contributed by atoms with Crippen LogP contribution >= 0.6 is 0 Å². The SMILES string of the molecule is CCc1cc2c(cc1C1CC1)CN(C)CC2. The number of hydrogen-bond donors (Lipinski definition) is 0. The van der Waals surface area contributed by atoms with Gasteiger partial charge in [0.2, 0.25) is 0 Å². The normalized spacial score (nSPS) is 20.9. The molecule has 1 aliphatic heterocycles. The molecule has 0 bridgehead atoms. The number of likely N-dealkylation sites (N-methyl/N-ethyl adjacent to an activating group) is 1. The summed E-state index contributed by atoms with van der Waals surface area (Å²) in [7, 11) is 2.23. The van der Waals surface area contributed by atoms with E-state index >= 15 is 0 Å². The minimum absolute atomic E-state index is 0.896. The zero-order valence-corrected chi connectivity index (χ0v) is 10.4. The lowest BCUT2D eigenvalue weighted by atomic mass is 9.91. The van der Waals surface area contributed by atoms with Gasteiger partial charge in [0.25, 0.3) is 0 Å². The highest BCUT2D eigenvalue weighted by Crippen LogP contribution is 2.43. The molecule has 0 unspecified atom stereocenters. The number of nitrogens with zero attached hydrogens (tertiary/aromatic N) is 1. The van der Waals surface area contributed by atoms with Gasteiger partial charge in [-0.1, -0.05) is 19.1 Å². The lowest BCUT2D eigenvalue weighted by Gasteiger charge is -2.26. The molecule has 1 aromatic carbocycles. The van der Waals surface area contributed by atoms with Gasteiger partial charge in [0.05, 0.1) is 0 Å². The van der Waals surface area contributed by atoms with Gasteiger partial charge in [-0.25, -0.2) is 0 Å². The third kappa shape index (κ3) is 1.78. The van der Waals surface area contributed by atoms with Crippen LogP contribution in [0.15, 0.2) is 12.1 Å². The van der Waals surface area contributed by atoms with Crippen molar-refractivity contribution < 1.29 is 0 Å². The van der Waals surface area contributed by atoms with Crippen molar-refractivity contribution in [3.63, 3.8) is 0 Å². The van der Waals surface area contributed by atoms with Crippen LogP contribution in [0.25, 0.3) is 0 Å². The zero-order valence-electron chi connectivity index (χ0n) is 10.4. The zero-order chi connectivity index (χ0) is 11.1. The highest BCUT2D eigenvalue weighted by molar-refractivity contribution is 5.43. The topological polar surface area (TPSA) is 3.24 Å². The van der Waals surface area contributed by atoms with Crippen molar-refractivity contribution in [1.29, 1.82) is 0 Å². The Morgan fingerprint density at radius 1 is 1.25 bits per heavy atom. The van der Waals surface area contributed by atoms with Gasteiger partial charge >= 0.3 is 0 Å². The van der Waals surface area contributed by atoms with Crippen molar-refractivity contribution >= 4 is 0 Å². The van der Waals surface area contributed by atoms with Crippen LogP contribution in [0.1, 0.15) is 47.9 Å². The molecule has 1 fully saturated rings. The van der Waals surface area contributed by atoms with Crippen LogP contribution in [0.3, 0.4) is 0 Å². The molecule has 0 amide bonds. The van der Waals surface area contributed by atoms with Gasteiger partial charge in [-0.15, -0.1) is 0 Å². The first kappa shape index (κ1) is 10.3. The van der Waals surface area contributed by atoms with E-state index in [1.807, 2.05) is 0 Å². The molecule has 86 valence electrons. The maximum Gasteiger partial charge on any atom is 0.0233 e. The van der Waals surface area contributed by atoms with Crippen LogP contribution in [-0.4, -0.2) is 18.5 Å². The second-order valence-electron chi connectivity index (χ2n) is 5.44. The lowest BCUT2D eigenvalue weighted by Crippen LogP contribution is -2.26. The van der Waals surface area contributed by atoms with Gasteiger partial charge in [0.15, 0.2) is 0 Å². The first-order valence-electron chi connectivity index (χ1n) is 6.61. The first-order chi connectivity index (χ1) is 7.78. The van der Waals surface area contributed by atoms with Gasteiger partial charge in [-0.2, -0.15) is 0 Å². The molecule has 2 aliphatic rings. The Balaban J connectivity index is 2.02. The largest absolute Gasteiger partial charge is 0.302 e. The summed E-state index contributed by atoms with van der Waals surface area (Å²) in [5.74, 6) is 0.896. The monoisotopic (exact) mass is 215 g/mol. The van der Waals surface area contributed by atoms with Crippen molar-refractivity contribution in [1.82, 2.24) is 4.90 Å². The molecule has 1 heterocycles. The molecule has 1 aliphatic carbocycles. The number of hydrogen-bond acceptors (Lipinski definition) is 1. The number of aryl methyl sites for hydroxylation is 1. The van der Waals surface area contributed by atoms with Gasteiger partial charge in [-0.05, 0) is 60.9 Å². The molecule has 0 atom stereocenters. The Morgan fingerprint density at radius 2 is 2.06 bits per heavy atom. The molecule has 0 radical (unpaired) electrons. The lowest BCUT2D eigenvalue weighted by molar-refractivity contribution is 0.312. The molecule has 3 rings (SSSR count). The summed E-state index contributed by atoms with van der Waals surface area (Å²) in [6, 6.07) is 5.01. The Bertz CT molecular complexity index is 404. The quantitative estimate of drug-likeness (QED) is 0.732. The third-order valence-corrected chi connectivity index (χ3v) is 4.06. The fourth-order valence-corrected chi connectivity index (χ4v) is 2.90. The van der Waals surface area contributed by atoms with Crippen molar-refractivity contribution in [3.8, 4) is 0 Å². The average Bonchev–Trinajstić information content (AvgIpc) is 3.11. The molecule has 16 heavy (non-hydrogen) atoms. The predicted octanol–water partition coefficient (Wildman–Crippen LogP) is 3.11. The molecule has 0 aromatic heterocycles. The summed E-state index contributed by atoms with van der Waals surface area (Å²) in [6.45, 7) is 4.67. The molecule has 1 aromatic rings. The second kappa shape index (κ2) is 3.89. The predicted molar refractivity (Wildman–Crippen MR) is 67.8 cm³/mol. The maximum absolute atomic E-state index is 2.52. The second-order valence-corrected chi connectivity index (χ2v) is 5.44. The smallest absolute Gasteiger partial charge is 0.0233 e. The maximum atomic E-state index is 2.52. The number of rotatable bonds is 2. The van der Waals surface area contributed by atoms with Crippen LogP contribution in [0, 0.1) is 0 Å². The van der Waals surface area contributed by atoms with Crippen LogP contribution in [0.4, 0.5) is 0 Å². The van der Waals surface area contributed by atoms with Crippen LogP contribution in [-0.2, 0) is 19.4 Å². The molecule has 1 nitrogen and oxygen atoms in total. The Hall–Kier alpha value is -0.820. The Labute approximate surface area is 98.5 Å². The number of benzene rings is 1. The summed E-state index contributed by atoms with van der Waals surface area (Å²) in [5.41, 5.74) is 6.48. The summed E-state index contributed by atoms with van der Waals surface area (Å²) in [4.78, 5) is 2.44. The molecule has 1 heteroatoms. The van der Waals surface area contributed by atoms with Crippen LogP contribution < -0.4 is 0 Å². The molecule has 0 spiro atoms. The Kier molecular flexibility index (Phi) is 2.51. The fraction of sp³-hybridized carbons (Fsp3) is 0.600. The highest BCUT2D eigenvalue weighted by Gasteiger charge is 2.27. The van der Waals surface area contributed by atoms with E-state index in [9.17, 15) is 0 Å². The minimum atomic E-state index is 0.896. The van der Waals surface area contributed by atoms with Crippen LogP contribution in [0.5, 0.6) is 0 Å². The van der Waals surface area contributed by atoms with E-state index in [2.05, 4.69) is 31.0 Å². The number of fused-ring (bicyclic) bond motifs is 1. The standard InChI is InChI=1S/C15H21N/c1-3-11-8-13-6-7-16(2)10-14(13)9-15(11)12-4-5-12/h8-9,12H,3-7,10H2,1-2H3. The van der Waals surface area contributed by atoms with Crippen LogP contribution in [0.2, 0.25) is 0 Å². The van der Waals surface area contributed by atoms with Crippen molar-refractivity contribution in [2.75, 3.05) is 13.6 Å². The first-order valence-corrected chi connectivity index (χ1v) is 6.61. The highest BCUT2D eigenvalue weighted by atomic mass is 15.1. The van der Waals surface area contributed by atoms with Gasteiger partial charge in [0, 0.05) is 13.1 Å². The summed E-state index contributed by atoms with van der Waals surface area (Å²) in [5, 5.41) is 0. The van der Waals surface area contributed by atoms with E-state index in [4.69, 9.17) is 0 Å². The van der Waals surface area contributed by atoms with Crippen molar-refractivity contribution in [2.45, 2.75) is 45.1 Å². The van der Waals surface area contributed by atoms with E-state index in [-0.39, 0.29) is 0 Å². The molecule has 0 N–H and O–H groups in total. The summed E-state index contributed by atoms with van der Waals surface area (Å²) in [6.07, 6.45) is 5.28. The van der Waals surface area contributed by atoms with E-state index in [0.717, 1.165) is 12.5 Å². The minimum Gasteiger partial charge on any atom is -0.302 e. The van der Waals surface area contributed by atoms with Crippen molar-refractivity contribution in [2.24, 2.45) is 0 Å². The van der Waals surface area contributed by atoms with Gasteiger partial charge in [-0.3, -0.25) is 0 Å². The average molecular weight is 215 g/mol.